The summed E-state index contributed by atoms with van der Waals surface area (Å²) >= 11 is 0. The number of hydrogen-bond acceptors (Lipinski definition) is 2. The van der Waals surface area contributed by atoms with Crippen LogP contribution in [0.5, 0.6) is 0 Å². The zero-order valence-corrected chi connectivity index (χ0v) is 15.9. The maximum Gasteiger partial charge on any atom is 0.326 e. The highest BCUT2D eigenvalue weighted by Crippen LogP contribution is 2.27. The van der Waals surface area contributed by atoms with E-state index in [0.29, 0.717) is 31.8 Å². The molecule has 1 unspecified atom stereocenters. The van der Waals surface area contributed by atoms with E-state index in [9.17, 15) is 9.59 Å². The number of benzene rings is 2. The van der Waals surface area contributed by atoms with E-state index in [1.54, 1.807) is 4.57 Å². The van der Waals surface area contributed by atoms with E-state index < -0.39 is 0 Å². The van der Waals surface area contributed by atoms with Crippen molar-refractivity contribution < 1.29 is 4.79 Å². The highest BCUT2D eigenvalue weighted by molar-refractivity contribution is 5.77. The Morgan fingerprint density at radius 2 is 1.78 bits per heavy atom. The summed E-state index contributed by atoms with van der Waals surface area (Å²) in [4.78, 5) is 27.3. The molecule has 0 aliphatic rings. The predicted molar refractivity (Wildman–Crippen MR) is 109 cm³/mol. The third kappa shape index (κ3) is 4.67. The van der Waals surface area contributed by atoms with Crippen LogP contribution in [0.1, 0.15) is 38.2 Å². The topological polar surface area (TPSA) is 66.9 Å². The van der Waals surface area contributed by atoms with Crippen LogP contribution in [0.4, 0.5) is 0 Å². The largest absolute Gasteiger partial charge is 0.356 e. The molecule has 0 aliphatic heterocycles. The van der Waals surface area contributed by atoms with E-state index in [0.717, 1.165) is 11.0 Å². The molecular formula is C22H27N3O2. The first kappa shape index (κ1) is 19.0. The first-order valence-corrected chi connectivity index (χ1v) is 9.55. The van der Waals surface area contributed by atoms with E-state index in [4.69, 9.17) is 0 Å². The fourth-order valence-corrected chi connectivity index (χ4v) is 3.50. The number of aryl methyl sites for hydroxylation is 1. The number of aromatic amines is 1. The van der Waals surface area contributed by atoms with Crippen LogP contribution < -0.4 is 11.0 Å². The van der Waals surface area contributed by atoms with Gasteiger partial charge in [-0.1, -0.05) is 56.3 Å². The van der Waals surface area contributed by atoms with Crippen molar-refractivity contribution in [1.82, 2.24) is 14.9 Å². The van der Waals surface area contributed by atoms with Crippen molar-refractivity contribution in [1.29, 1.82) is 0 Å². The summed E-state index contributed by atoms with van der Waals surface area (Å²) in [6.07, 6.45) is 1.19. The Morgan fingerprint density at radius 3 is 2.52 bits per heavy atom. The van der Waals surface area contributed by atoms with Crippen molar-refractivity contribution >= 4 is 16.9 Å². The van der Waals surface area contributed by atoms with Gasteiger partial charge in [-0.05, 0) is 36.0 Å². The number of amides is 1. The molecule has 1 atom stereocenters. The molecule has 5 nitrogen and oxygen atoms in total. The number of nitrogens with one attached hydrogen (secondary N) is 2. The number of rotatable bonds is 8. The van der Waals surface area contributed by atoms with Gasteiger partial charge in [0.15, 0.2) is 0 Å². The molecule has 1 aromatic heterocycles. The van der Waals surface area contributed by atoms with Crippen molar-refractivity contribution in [3.8, 4) is 0 Å². The molecule has 1 heterocycles. The lowest BCUT2D eigenvalue weighted by Crippen LogP contribution is -2.28. The molecular weight excluding hydrogens is 338 g/mol. The lowest BCUT2D eigenvalue weighted by atomic mass is 9.85. The van der Waals surface area contributed by atoms with Gasteiger partial charge in [-0.3, -0.25) is 9.36 Å². The molecule has 0 radical (unpaired) electrons. The maximum atomic E-state index is 12.4. The number of carbonyl (C=O) groups is 1. The van der Waals surface area contributed by atoms with Gasteiger partial charge in [0, 0.05) is 19.5 Å². The lowest BCUT2D eigenvalue weighted by Gasteiger charge is -2.21. The average Bonchev–Trinajstić information content (AvgIpc) is 2.99. The highest BCUT2D eigenvalue weighted by Gasteiger charge is 2.19. The highest BCUT2D eigenvalue weighted by atomic mass is 16.2. The fraction of sp³-hybridized carbons (Fsp3) is 0.364. The van der Waals surface area contributed by atoms with E-state index in [2.05, 4.69) is 36.3 Å². The van der Waals surface area contributed by atoms with Gasteiger partial charge in [0.25, 0.3) is 0 Å². The third-order valence-electron chi connectivity index (χ3n) is 5.00. The molecule has 0 aliphatic carbocycles. The monoisotopic (exact) mass is 365 g/mol. The summed E-state index contributed by atoms with van der Waals surface area (Å²) < 4.78 is 1.72. The van der Waals surface area contributed by atoms with E-state index >= 15 is 0 Å². The van der Waals surface area contributed by atoms with Crippen LogP contribution >= 0.6 is 0 Å². The predicted octanol–water partition coefficient (Wildman–Crippen LogP) is 3.67. The van der Waals surface area contributed by atoms with Crippen LogP contribution in [0.3, 0.4) is 0 Å². The second-order valence-electron chi connectivity index (χ2n) is 7.27. The van der Waals surface area contributed by atoms with E-state index in [1.165, 1.54) is 5.56 Å². The number of hydrogen-bond donors (Lipinski definition) is 2. The van der Waals surface area contributed by atoms with Crippen molar-refractivity contribution in [2.75, 3.05) is 6.54 Å². The summed E-state index contributed by atoms with van der Waals surface area (Å²) in [6.45, 7) is 5.43. The van der Waals surface area contributed by atoms with Crippen molar-refractivity contribution in [2.45, 2.75) is 39.2 Å². The minimum absolute atomic E-state index is 0.0591. The molecule has 0 spiro atoms. The molecule has 5 heteroatoms. The minimum Gasteiger partial charge on any atom is -0.356 e. The first-order valence-electron chi connectivity index (χ1n) is 9.55. The van der Waals surface area contributed by atoms with Gasteiger partial charge in [0.2, 0.25) is 5.91 Å². The molecule has 2 aromatic carbocycles. The Hall–Kier alpha value is -2.82. The summed E-state index contributed by atoms with van der Waals surface area (Å²) in [5.74, 6) is 0.661. The smallest absolute Gasteiger partial charge is 0.326 e. The van der Waals surface area contributed by atoms with E-state index in [1.807, 2.05) is 42.5 Å². The normalized spacial score (nSPS) is 12.4. The Morgan fingerprint density at radius 1 is 1.07 bits per heavy atom. The van der Waals surface area contributed by atoms with Gasteiger partial charge in [0.05, 0.1) is 11.0 Å². The Bertz CT molecular complexity index is 941. The van der Waals surface area contributed by atoms with Gasteiger partial charge in [0.1, 0.15) is 0 Å². The van der Waals surface area contributed by atoms with Crippen molar-refractivity contribution in [3.05, 3.63) is 70.6 Å². The molecule has 1 amide bonds. The number of H-pyrrole nitrogens is 1. The molecule has 2 N–H and O–H groups in total. The summed E-state index contributed by atoms with van der Waals surface area (Å²) in [5, 5.41) is 3.00. The fourth-order valence-electron chi connectivity index (χ4n) is 3.50. The quantitative estimate of drug-likeness (QED) is 0.598. The standard InChI is InChI=1S/C22H27N3O2/c1-16(2)18(17-9-4-3-5-10-17)15-21(26)23-13-8-14-25-20-12-7-6-11-19(20)24-22(25)27/h3-7,9-12,16,18H,8,13-15H2,1-2H3,(H,23,26)(H,24,27). The molecule has 3 rings (SSSR count). The number of carbonyl (C=O) groups excluding carboxylic acids is 1. The second-order valence-corrected chi connectivity index (χ2v) is 7.27. The van der Waals surface area contributed by atoms with Gasteiger partial charge in [-0.2, -0.15) is 0 Å². The summed E-state index contributed by atoms with van der Waals surface area (Å²) in [7, 11) is 0. The number of fused-ring (bicyclic) bond motifs is 1. The molecule has 0 saturated heterocycles. The number of nitrogens with zero attached hydrogens (tertiary/aromatic N) is 1. The molecule has 0 bridgehead atoms. The maximum absolute atomic E-state index is 12.4. The van der Waals surface area contributed by atoms with Crippen LogP contribution in [-0.4, -0.2) is 22.0 Å². The number of para-hydroxylation sites is 2. The molecule has 3 aromatic rings. The van der Waals surface area contributed by atoms with Crippen molar-refractivity contribution in [3.63, 3.8) is 0 Å². The summed E-state index contributed by atoms with van der Waals surface area (Å²) in [5.41, 5.74) is 2.84. The number of aromatic nitrogens is 2. The molecule has 0 saturated carbocycles. The van der Waals surface area contributed by atoms with Crippen LogP contribution in [0.15, 0.2) is 59.4 Å². The molecule has 27 heavy (non-hydrogen) atoms. The molecule has 0 fully saturated rings. The first-order chi connectivity index (χ1) is 13.1. The SMILES string of the molecule is CC(C)C(CC(=O)NCCCn1c(=O)[nH]c2ccccc21)c1ccccc1. The second kappa shape index (κ2) is 8.71. The third-order valence-corrected chi connectivity index (χ3v) is 5.00. The lowest BCUT2D eigenvalue weighted by molar-refractivity contribution is -0.121. The summed E-state index contributed by atoms with van der Waals surface area (Å²) in [6, 6.07) is 17.8. The van der Waals surface area contributed by atoms with Gasteiger partial charge < -0.3 is 10.3 Å². The number of imidazole rings is 1. The average molecular weight is 365 g/mol. The van der Waals surface area contributed by atoms with Gasteiger partial charge >= 0.3 is 5.69 Å². The van der Waals surface area contributed by atoms with Crippen LogP contribution in [0.2, 0.25) is 0 Å². The van der Waals surface area contributed by atoms with Crippen molar-refractivity contribution in [2.24, 2.45) is 5.92 Å². The van der Waals surface area contributed by atoms with Gasteiger partial charge in [-0.15, -0.1) is 0 Å². The zero-order valence-electron chi connectivity index (χ0n) is 15.9. The van der Waals surface area contributed by atoms with Crippen LogP contribution in [0.25, 0.3) is 11.0 Å². The molecule has 142 valence electrons. The van der Waals surface area contributed by atoms with Crippen LogP contribution in [0, 0.1) is 5.92 Å². The minimum atomic E-state index is -0.105. The Kier molecular flexibility index (Phi) is 6.12. The van der Waals surface area contributed by atoms with Crippen LogP contribution in [-0.2, 0) is 11.3 Å². The Balaban J connectivity index is 1.52. The Labute approximate surface area is 159 Å². The zero-order chi connectivity index (χ0) is 19.2. The van der Waals surface area contributed by atoms with Gasteiger partial charge in [-0.25, -0.2) is 4.79 Å². The van der Waals surface area contributed by atoms with E-state index in [-0.39, 0.29) is 17.5 Å².